The Hall–Kier alpha value is -1.34. The highest BCUT2D eigenvalue weighted by molar-refractivity contribution is 6.01. The number of amides is 1. The van der Waals surface area contributed by atoms with Crippen LogP contribution in [0.4, 0.5) is 0 Å². The first-order chi connectivity index (χ1) is 9.13. The summed E-state index contributed by atoms with van der Waals surface area (Å²) in [5.41, 5.74) is 5.49. The average molecular weight is 270 g/mol. The zero-order valence-electron chi connectivity index (χ0n) is 11.3. The summed E-state index contributed by atoms with van der Waals surface area (Å²) < 4.78 is 5.34. The van der Waals surface area contributed by atoms with E-state index in [1.165, 1.54) is 0 Å². The monoisotopic (exact) mass is 270 g/mol. The van der Waals surface area contributed by atoms with Gasteiger partial charge in [-0.15, -0.1) is 0 Å². The fourth-order valence-electron chi connectivity index (χ4n) is 2.67. The van der Waals surface area contributed by atoms with E-state index in [2.05, 4.69) is 10.1 Å². The highest BCUT2D eigenvalue weighted by Gasteiger charge is 2.33. The van der Waals surface area contributed by atoms with Crippen LogP contribution in [0, 0.1) is 5.92 Å². The largest absolute Gasteiger partial charge is 0.409 e. The van der Waals surface area contributed by atoms with Crippen LogP contribution in [0.25, 0.3) is 0 Å². The Morgan fingerprint density at radius 1 is 1.42 bits per heavy atom. The fourth-order valence-corrected chi connectivity index (χ4v) is 2.67. The van der Waals surface area contributed by atoms with Crippen molar-refractivity contribution in [2.24, 2.45) is 16.8 Å². The van der Waals surface area contributed by atoms with E-state index in [-0.39, 0.29) is 11.7 Å². The quantitative estimate of drug-likeness (QED) is 0.306. The predicted molar refractivity (Wildman–Crippen MR) is 69.9 cm³/mol. The number of carbonyl (C=O) groups is 1. The molecule has 2 heterocycles. The van der Waals surface area contributed by atoms with Crippen LogP contribution in [0.1, 0.15) is 13.3 Å². The molecule has 19 heavy (non-hydrogen) atoms. The second-order valence-corrected chi connectivity index (χ2v) is 5.12. The molecule has 7 nitrogen and oxygen atoms in total. The number of oxime groups is 1. The number of carbonyl (C=O) groups excluding carboxylic acids is 1. The third-order valence-corrected chi connectivity index (χ3v) is 3.97. The molecule has 0 radical (unpaired) electrons. The summed E-state index contributed by atoms with van der Waals surface area (Å²) in [5.74, 6) is -0.653. The van der Waals surface area contributed by atoms with E-state index in [1.54, 1.807) is 6.92 Å². The van der Waals surface area contributed by atoms with E-state index in [0.717, 1.165) is 45.8 Å². The van der Waals surface area contributed by atoms with E-state index in [1.807, 2.05) is 4.90 Å². The van der Waals surface area contributed by atoms with Crippen molar-refractivity contribution >= 4 is 11.7 Å². The van der Waals surface area contributed by atoms with Crippen LogP contribution in [-0.2, 0) is 9.53 Å². The molecule has 0 aromatic heterocycles. The smallest absolute Gasteiger partial charge is 0.233 e. The molecule has 0 aromatic carbocycles. The highest BCUT2D eigenvalue weighted by Crippen LogP contribution is 2.18. The van der Waals surface area contributed by atoms with Gasteiger partial charge in [0.25, 0.3) is 0 Å². The third-order valence-electron chi connectivity index (χ3n) is 3.97. The van der Waals surface area contributed by atoms with Gasteiger partial charge in [-0.1, -0.05) is 5.16 Å². The number of amidine groups is 1. The van der Waals surface area contributed by atoms with E-state index in [9.17, 15) is 4.79 Å². The minimum Gasteiger partial charge on any atom is -0.409 e. The molecule has 3 N–H and O–H groups in total. The minimum absolute atomic E-state index is 0.0279. The molecule has 0 aliphatic carbocycles. The molecule has 2 rings (SSSR count). The van der Waals surface area contributed by atoms with Gasteiger partial charge >= 0.3 is 0 Å². The molecule has 2 fully saturated rings. The summed E-state index contributed by atoms with van der Waals surface area (Å²) >= 11 is 0. The Balaban J connectivity index is 1.88. The van der Waals surface area contributed by atoms with Gasteiger partial charge in [-0.3, -0.25) is 9.69 Å². The Bertz CT molecular complexity index is 355. The summed E-state index contributed by atoms with van der Waals surface area (Å²) in [7, 11) is 0. The SMILES string of the molecule is CC(C(=O)N1CCC(N2CCOCC2)C1)C(N)=NO. The zero-order chi connectivity index (χ0) is 13.8. The molecule has 0 spiro atoms. The van der Waals surface area contributed by atoms with Gasteiger partial charge in [0, 0.05) is 32.2 Å². The lowest BCUT2D eigenvalue weighted by molar-refractivity contribution is -0.132. The topological polar surface area (TPSA) is 91.4 Å². The Morgan fingerprint density at radius 3 is 2.74 bits per heavy atom. The van der Waals surface area contributed by atoms with Crippen LogP contribution in [-0.4, -0.2) is 72.2 Å². The van der Waals surface area contributed by atoms with Crippen LogP contribution < -0.4 is 5.73 Å². The van der Waals surface area contributed by atoms with E-state index in [0.29, 0.717) is 6.04 Å². The van der Waals surface area contributed by atoms with Crippen molar-refractivity contribution in [2.75, 3.05) is 39.4 Å². The molecule has 0 bridgehead atoms. The van der Waals surface area contributed by atoms with Crippen LogP contribution >= 0.6 is 0 Å². The summed E-state index contributed by atoms with van der Waals surface area (Å²) in [4.78, 5) is 16.4. The second-order valence-electron chi connectivity index (χ2n) is 5.12. The van der Waals surface area contributed by atoms with Gasteiger partial charge in [-0.25, -0.2) is 0 Å². The summed E-state index contributed by atoms with van der Waals surface area (Å²) in [6.45, 7) is 6.53. The molecule has 1 amide bonds. The van der Waals surface area contributed by atoms with Crippen molar-refractivity contribution in [3.05, 3.63) is 0 Å². The number of likely N-dealkylation sites (tertiary alicyclic amines) is 1. The van der Waals surface area contributed by atoms with Crippen molar-refractivity contribution in [3.8, 4) is 0 Å². The molecule has 0 aromatic rings. The van der Waals surface area contributed by atoms with Gasteiger partial charge in [-0.05, 0) is 13.3 Å². The Kier molecular flexibility index (Phi) is 4.60. The maximum Gasteiger partial charge on any atom is 0.233 e. The molecule has 2 saturated heterocycles. The Morgan fingerprint density at radius 2 is 2.11 bits per heavy atom. The molecule has 2 atom stereocenters. The predicted octanol–water partition coefficient (Wildman–Crippen LogP) is -0.698. The summed E-state index contributed by atoms with van der Waals surface area (Å²) in [6, 6.07) is 0.410. The van der Waals surface area contributed by atoms with Crippen LogP contribution in [0.3, 0.4) is 0 Å². The van der Waals surface area contributed by atoms with Crippen molar-refractivity contribution in [3.63, 3.8) is 0 Å². The van der Waals surface area contributed by atoms with Gasteiger partial charge in [0.1, 0.15) is 0 Å². The normalized spacial score (nSPS) is 27.5. The first kappa shape index (κ1) is 14.1. The second kappa shape index (κ2) is 6.21. The van der Waals surface area contributed by atoms with Crippen molar-refractivity contribution in [2.45, 2.75) is 19.4 Å². The lowest BCUT2D eigenvalue weighted by atomic mass is 10.1. The molecule has 108 valence electrons. The maximum absolute atomic E-state index is 12.2. The first-order valence-electron chi connectivity index (χ1n) is 6.71. The van der Waals surface area contributed by atoms with Gasteiger partial charge in [0.15, 0.2) is 5.84 Å². The molecule has 2 unspecified atom stereocenters. The van der Waals surface area contributed by atoms with Crippen LogP contribution in [0.5, 0.6) is 0 Å². The number of nitrogens with two attached hydrogens (primary N) is 1. The van der Waals surface area contributed by atoms with Gasteiger partial charge in [0.2, 0.25) is 5.91 Å². The van der Waals surface area contributed by atoms with E-state index in [4.69, 9.17) is 15.7 Å². The van der Waals surface area contributed by atoms with Crippen molar-refractivity contribution in [1.29, 1.82) is 0 Å². The van der Waals surface area contributed by atoms with E-state index >= 15 is 0 Å². The number of nitrogens with zero attached hydrogens (tertiary/aromatic N) is 3. The molecular formula is C12H22N4O3. The lowest BCUT2D eigenvalue weighted by Gasteiger charge is -2.32. The van der Waals surface area contributed by atoms with Crippen molar-refractivity contribution in [1.82, 2.24) is 9.80 Å². The van der Waals surface area contributed by atoms with Gasteiger partial charge in [0.05, 0.1) is 19.1 Å². The van der Waals surface area contributed by atoms with Crippen LogP contribution in [0.15, 0.2) is 5.16 Å². The number of ether oxygens (including phenoxy) is 1. The number of hydrogen-bond acceptors (Lipinski definition) is 5. The van der Waals surface area contributed by atoms with Crippen LogP contribution in [0.2, 0.25) is 0 Å². The standard InChI is InChI=1S/C12H22N4O3/c1-9(11(13)14-18)12(17)16-3-2-10(8-16)15-4-6-19-7-5-15/h9-10,18H,2-8H2,1H3,(H2,13,14). The van der Waals surface area contributed by atoms with Crippen molar-refractivity contribution < 1.29 is 14.7 Å². The fraction of sp³-hybridized carbons (Fsp3) is 0.833. The zero-order valence-corrected chi connectivity index (χ0v) is 11.3. The van der Waals surface area contributed by atoms with Gasteiger partial charge < -0.3 is 20.6 Å². The maximum atomic E-state index is 12.2. The molecule has 0 saturated carbocycles. The number of hydrogen-bond donors (Lipinski definition) is 2. The lowest BCUT2D eigenvalue weighted by Crippen LogP contribution is -2.46. The highest BCUT2D eigenvalue weighted by atomic mass is 16.5. The summed E-state index contributed by atoms with van der Waals surface area (Å²) in [5, 5.41) is 11.5. The third kappa shape index (κ3) is 3.16. The number of morpholine rings is 1. The van der Waals surface area contributed by atoms with Gasteiger partial charge in [-0.2, -0.15) is 0 Å². The average Bonchev–Trinajstić information content (AvgIpc) is 2.95. The Labute approximate surface area is 113 Å². The molecule has 2 aliphatic heterocycles. The molecule has 7 heteroatoms. The molecular weight excluding hydrogens is 248 g/mol. The summed E-state index contributed by atoms with van der Waals surface area (Å²) in [6.07, 6.45) is 0.981. The van der Waals surface area contributed by atoms with E-state index < -0.39 is 5.92 Å². The minimum atomic E-state index is -0.562. The number of rotatable bonds is 3. The molecule has 2 aliphatic rings. The first-order valence-corrected chi connectivity index (χ1v) is 6.71.